The third-order valence-corrected chi connectivity index (χ3v) is 8.35. The molecule has 3 aromatic heterocycles. The number of carbonyl (C=O) groups is 1. The standard InChI is InChI=1S/C35H43FN10O3/c1-8-25-18-39-32(40-19-25)42-11-12-44(24(4)21-42)31-27(17-37)15-28(20-38-31)26-9-10-30(29(36)16-26)45-22-41-46(33(45)47)14-13-43(23(2)3)34(48)49-35(5,6)7/h9-10,15-16,18-20,22-24H,8,11-14,21H2,1-7H3/t24-/m0/s1. The number of anilines is 2. The molecular formula is C35H43FN10O3. The second-order valence-corrected chi connectivity index (χ2v) is 13.4. The molecule has 0 spiro atoms. The lowest BCUT2D eigenvalue weighted by atomic mass is 10.0. The van der Waals surface area contributed by atoms with Gasteiger partial charge in [-0.25, -0.2) is 38.2 Å². The molecule has 1 saturated heterocycles. The van der Waals surface area contributed by atoms with Crippen LogP contribution in [0, 0.1) is 17.1 Å². The highest BCUT2D eigenvalue weighted by atomic mass is 19.1. The molecule has 49 heavy (non-hydrogen) atoms. The molecule has 0 bridgehead atoms. The largest absolute Gasteiger partial charge is 0.444 e. The molecule has 1 aliphatic heterocycles. The fourth-order valence-electron chi connectivity index (χ4n) is 5.70. The van der Waals surface area contributed by atoms with Crippen molar-refractivity contribution in [3.05, 3.63) is 76.6 Å². The van der Waals surface area contributed by atoms with Crippen molar-refractivity contribution in [1.82, 2.24) is 34.2 Å². The Morgan fingerprint density at radius 2 is 1.86 bits per heavy atom. The van der Waals surface area contributed by atoms with Crippen LogP contribution in [0.2, 0.25) is 0 Å². The zero-order valence-corrected chi connectivity index (χ0v) is 29.1. The summed E-state index contributed by atoms with van der Waals surface area (Å²) in [7, 11) is 0. The van der Waals surface area contributed by atoms with Crippen LogP contribution < -0.4 is 15.5 Å². The third-order valence-electron chi connectivity index (χ3n) is 8.35. The first-order chi connectivity index (χ1) is 23.3. The van der Waals surface area contributed by atoms with Crippen LogP contribution in [0.3, 0.4) is 0 Å². The molecule has 0 unspecified atom stereocenters. The van der Waals surface area contributed by atoms with E-state index in [9.17, 15) is 14.9 Å². The number of piperazine rings is 1. The first kappa shape index (κ1) is 35.0. The Morgan fingerprint density at radius 1 is 1.12 bits per heavy atom. The van der Waals surface area contributed by atoms with Crippen molar-refractivity contribution >= 4 is 17.9 Å². The number of nitriles is 1. The molecule has 0 aliphatic carbocycles. The quantitative estimate of drug-likeness (QED) is 0.244. The Morgan fingerprint density at radius 3 is 2.47 bits per heavy atom. The average molecular weight is 671 g/mol. The third kappa shape index (κ3) is 7.88. The van der Waals surface area contributed by atoms with Gasteiger partial charge in [0.25, 0.3) is 0 Å². The Balaban J connectivity index is 1.29. The number of rotatable bonds is 9. The second kappa shape index (κ2) is 14.4. The van der Waals surface area contributed by atoms with Crippen LogP contribution in [0.15, 0.2) is 54.0 Å². The van der Waals surface area contributed by atoms with Gasteiger partial charge >= 0.3 is 11.8 Å². The number of benzene rings is 1. The van der Waals surface area contributed by atoms with Crippen molar-refractivity contribution in [2.45, 2.75) is 79.1 Å². The highest BCUT2D eigenvalue weighted by molar-refractivity contribution is 5.70. The van der Waals surface area contributed by atoms with Gasteiger partial charge in [0.2, 0.25) is 5.95 Å². The van der Waals surface area contributed by atoms with Gasteiger partial charge < -0.3 is 19.4 Å². The van der Waals surface area contributed by atoms with E-state index >= 15 is 4.39 Å². The Kier molecular flexibility index (Phi) is 10.3. The summed E-state index contributed by atoms with van der Waals surface area (Å²) in [5, 5.41) is 14.2. The van der Waals surface area contributed by atoms with E-state index in [4.69, 9.17) is 4.74 Å². The van der Waals surface area contributed by atoms with E-state index in [-0.39, 0.29) is 30.9 Å². The number of aromatic nitrogens is 6. The SMILES string of the molecule is CCc1cnc(N2CCN(c3ncc(-c4ccc(-n5cnn(CCN(C(=O)OC(C)(C)C)C(C)C)c5=O)c(F)c4)cc3C#N)[C@@H](C)C2)nc1. The molecule has 4 heterocycles. The number of pyridine rings is 1. The van der Waals surface area contributed by atoms with Crippen LogP contribution in [-0.2, 0) is 17.7 Å². The minimum absolute atomic E-state index is 0.0259. The van der Waals surface area contributed by atoms with E-state index < -0.39 is 23.2 Å². The lowest BCUT2D eigenvalue weighted by molar-refractivity contribution is 0.0181. The maximum absolute atomic E-state index is 15.5. The predicted molar refractivity (Wildman–Crippen MR) is 184 cm³/mol. The van der Waals surface area contributed by atoms with Gasteiger partial charge in [-0.15, -0.1) is 0 Å². The van der Waals surface area contributed by atoms with Gasteiger partial charge in [-0.2, -0.15) is 10.4 Å². The van der Waals surface area contributed by atoms with E-state index in [1.807, 2.05) is 26.2 Å². The maximum atomic E-state index is 15.5. The monoisotopic (exact) mass is 670 g/mol. The lowest BCUT2D eigenvalue weighted by Crippen LogP contribution is -2.53. The number of aryl methyl sites for hydroxylation is 1. The van der Waals surface area contributed by atoms with Crippen LogP contribution in [-0.4, -0.2) is 84.2 Å². The first-order valence-electron chi connectivity index (χ1n) is 16.5. The van der Waals surface area contributed by atoms with Crippen molar-refractivity contribution in [1.29, 1.82) is 5.26 Å². The highest BCUT2D eigenvalue weighted by Crippen LogP contribution is 2.29. The van der Waals surface area contributed by atoms with Gasteiger partial charge in [-0.1, -0.05) is 13.0 Å². The lowest BCUT2D eigenvalue weighted by Gasteiger charge is -2.40. The fourth-order valence-corrected chi connectivity index (χ4v) is 5.70. The van der Waals surface area contributed by atoms with Crippen LogP contribution >= 0.6 is 0 Å². The normalized spacial score (nSPS) is 15.0. The van der Waals surface area contributed by atoms with Crippen LogP contribution in [0.1, 0.15) is 59.6 Å². The van der Waals surface area contributed by atoms with Crippen LogP contribution in [0.5, 0.6) is 0 Å². The fraction of sp³-hybridized carbons (Fsp3) is 0.457. The summed E-state index contributed by atoms with van der Waals surface area (Å²) < 4.78 is 23.3. The van der Waals surface area contributed by atoms with Gasteiger partial charge in [0.1, 0.15) is 29.6 Å². The molecule has 13 nitrogen and oxygen atoms in total. The molecule has 1 aromatic carbocycles. The van der Waals surface area contributed by atoms with E-state index in [0.717, 1.165) is 16.6 Å². The molecule has 0 saturated carbocycles. The van der Waals surface area contributed by atoms with Crippen molar-refractivity contribution in [3.63, 3.8) is 0 Å². The Hall–Kier alpha value is -5.32. The van der Waals surface area contributed by atoms with E-state index in [1.165, 1.54) is 28.0 Å². The topological polar surface area (TPSA) is 138 Å². The Labute approximate surface area is 285 Å². The first-order valence-corrected chi connectivity index (χ1v) is 16.5. The number of hydrogen-bond donors (Lipinski definition) is 0. The smallest absolute Gasteiger partial charge is 0.410 e. The molecular weight excluding hydrogens is 627 g/mol. The Bertz CT molecular complexity index is 1890. The molecule has 0 N–H and O–H groups in total. The number of halogens is 1. The molecule has 0 radical (unpaired) electrons. The zero-order chi connectivity index (χ0) is 35.5. The highest BCUT2D eigenvalue weighted by Gasteiger charge is 2.28. The summed E-state index contributed by atoms with van der Waals surface area (Å²) in [5.41, 5.74) is 1.36. The number of carbonyl (C=O) groups excluding carboxylic acids is 1. The summed E-state index contributed by atoms with van der Waals surface area (Å²) in [6.45, 7) is 15.5. The number of hydrogen-bond acceptors (Lipinski definition) is 10. The minimum atomic E-state index is -0.660. The predicted octanol–water partition coefficient (Wildman–Crippen LogP) is 4.82. The summed E-state index contributed by atoms with van der Waals surface area (Å²) in [6, 6.07) is 8.32. The molecule has 5 rings (SSSR count). The second-order valence-electron chi connectivity index (χ2n) is 13.4. The van der Waals surface area contributed by atoms with Gasteiger partial charge in [0.15, 0.2) is 0 Å². The van der Waals surface area contributed by atoms with Gasteiger partial charge in [0, 0.05) is 62.4 Å². The molecule has 4 aromatic rings. The summed E-state index contributed by atoms with van der Waals surface area (Å²) >= 11 is 0. The minimum Gasteiger partial charge on any atom is -0.444 e. The molecule has 14 heteroatoms. The van der Waals surface area contributed by atoms with Crippen molar-refractivity contribution < 1.29 is 13.9 Å². The molecule has 1 aliphatic rings. The molecule has 1 fully saturated rings. The van der Waals surface area contributed by atoms with E-state index in [1.54, 1.807) is 39.1 Å². The van der Waals surface area contributed by atoms with Gasteiger partial charge in [0.05, 0.1) is 17.8 Å². The van der Waals surface area contributed by atoms with Gasteiger partial charge in [-0.05, 0) is 77.3 Å². The van der Waals surface area contributed by atoms with E-state index in [2.05, 4.69) is 49.8 Å². The number of nitrogens with zero attached hydrogens (tertiary/aromatic N) is 10. The van der Waals surface area contributed by atoms with Crippen LogP contribution in [0.4, 0.5) is 21.0 Å². The van der Waals surface area contributed by atoms with E-state index in [0.29, 0.717) is 48.1 Å². The van der Waals surface area contributed by atoms with Gasteiger partial charge in [-0.3, -0.25) is 0 Å². The number of ether oxygens (including phenoxy) is 1. The molecule has 1 amide bonds. The molecule has 1 atom stereocenters. The van der Waals surface area contributed by atoms with Crippen molar-refractivity contribution in [3.8, 4) is 22.9 Å². The van der Waals surface area contributed by atoms with Crippen molar-refractivity contribution in [2.24, 2.45) is 0 Å². The maximum Gasteiger partial charge on any atom is 0.410 e. The molecule has 258 valence electrons. The van der Waals surface area contributed by atoms with Crippen molar-refractivity contribution in [2.75, 3.05) is 36.0 Å². The average Bonchev–Trinajstić information content (AvgIpc) is 3.42. The van der Waals surface area contributed by atoms with Crippen LogP contribution in [0.25, 0.3) is 16.8 Å². The summed E-state index contributed by atoms with van der Waals surface area (Å²) in [6.07, 6.45) is 6.98. The summed E-state index contributed by atoms with van der Waals surface area (Å²) in [4.78, 5) is 45.3. The zero-order valence-electron chi connectivity index (χ0n) is 29.1. The summed E-state index contributed by atoms with van der Waals surface area (Å²) in [5.74, 6) is 0.612. The number of amides is 1.